The third-order valence-electron chi connectivity index (χ3n) is 11.4. The van der Waals surface area contributed by atoms with Crippen molar-refractivity contribution in [2.45, 2.75) is 118 Å². The summed E-state index contributed by atoms with van der Waals surface area (Å²) < 4.78 is 0. The molecule has 0 spiro atoms. The molecule has 4 aliphatic carbocycles. The summed E-state index contributed by atoms with van der Waals surface area (Å²) in [5.41, 5.74) is 4.44. The Balaban J connectivity index is 1.48. The predicted octanol–water partition coefficient (Wildman–Crippen LogP) is 8.34. The minimum Gasteiger partial charge on any atom is -0.393 e. The molecule has 0 aromatic rings. The third kappa shape index (κ3) is 4.00. The number of allylic oxidation sites excluding steroid dienone is 4. The van der Waals surface area contributed by atoms with E-state index >= 15 is 0 Å². The summed E-state index contributed by atoms with van der Waals surface area (Å²) in [5, 5.41) is 10.3. The first kappa shape index (κ1) is 23.6. The SMILES string of the molecule is C/C=C(\C)C(CC)CC[C@@H](C)C1CCC2C3=CC[C@H]4C[C@@H](O)CC[C@]4(C)C3CC[C@@]21C. The van der Waals surface area contributed by atoms with Crippen LogP contribution in [0.25, 0.3) is 0 Å². The Morgan fingerprint density at radius 1 is 1.10 bits per heavy atom. The van der Waals surface area contributed by atoms with Crippen molar-refractivity contribution in [3.05, 3.63) is 23.3 Å². The van der Waals surface area contributed by atoms with Crippen LogP contribution in [0.2, 0.25) is 0 Å². The zero-order chi connectivity index (χ0) is 22.4. The fourth-order valence-electron chi connectivity index (χ4n) is 9.12. The molecule has 0 aromatic carbocycles. The standard InChI is InChI=1S/C30H50O/c1-7-20(3)22(8-2)10-9-21(4)26-13-14-27-25-12-11-23-19-24(31)15-17-29(23,5)28(25)16-18-30(26,27)6/h7,12,21-24,26-28,31H,8-11,13-19H2,1-6H3/b20-7+/t21-,22?,23+,24+,26?,27?,28?,29+,30-/m1/s1. The number of aliphatic hydroxyl groups excluding tert-OH is 1. The molecule has 0 saturated heterocycles. The van der Waals surface area contributed by atoms with Gasteiger partial charge in [-0.2, -0.15) is 0 Å². The van der Waals surface area contributed by atoms with Crippen molar-refractivity contribution in [3.63, 3.8) is 0 Å². The van der Waals surface area contributed by atoms with E-state index in [0.717, 1.165) is 42.4 Å². The second-order valence-electron chi connectivity index (χ2n) is 12.6. The van der Waals surface area contributed by atoms with Crippen LogP contribution in [0.5, 0.6) is 0 Å². The number of rotatable bonds is 6. The fraction of sp³-hybridized carbons (Fsp3) is 0.867. The topological polar surface area (TPSA) is 20.2 Å². The van der Waals surface area contributed by atoms with E-state index in [0.29, 0.717) is 16.7 Å². The van der Waals surface area contributed by atoms with Gasteiger partial charge < -0.3 is 5.11 Å². The van der Waals surface area contributed by atoms with Gasteiger partial charge >= 0.3 is 0 Å². The maximum absolute atomic E-state index is 10.3. The zero-order valence-corrected chi connectivity index (χ0v) is 21.4. The normalized spacial score (nSPS) is 44.7. The van der Waals surface area contributed by atoms with Gasteiger partial charge in [-0.25, -0.2) is 0 Å². The maximum atomic E-state index is 10.3. The highest BCUT2D eigenvalue weighted by Gasteiger charge is 2.58. The molecule has 31 heavy (non-hydrogen) atoms. The second-order valence-corrected chi connectivity index (χ2v) is 12.6. The van der Waals surface area contributed by atoms with Gasteiger partial charge in [0.15, 0.2) is 0 Å². The van der Waals surface area contributed by atoms with Crippen molar-refractivity contribution in [2.24, 2.45) is 46.3 Å². The van der Waals surface area contributed by atoms with Crippen molar-refractivity contribution >= 4 is 0 Å². The highest BCUT2D eigenvalue weighted by atomic mass is 16.3. The molecule has 1 N–H and O–H groups in total. The molecule has 176 valence electrons. The highest BCUT2D eigenvalue weighted by molar-refractivity contribution is 5.27. The van der Waals surface area contributed by atoms with Gasteiger partial charge in [0.1, 0.15) is 0 Å². The number of fused-ring (bicyclic) bond motifs is 5. The summed E-state index contributed by atoms with van der Waals surface area (Å²) in [7, 11) is 0. The van der Waals surface area contributed by atoms with Crippen LogP contribution in [0.15, 0.2) is 23.3 Å². The molecule has 3 fully saturated rings. The van der Waals surface area contributed by atoms with E-state index in [4.69, 9.17) is 0 Å². The van der Waals surface area contributed by atoms with E-state index in [1.165, 1.54) is 57.8 Å². The van der Waals surface area contributed by atoms with Crippen molar-refractivity contribution in [1.29, 1.82) is 0 Å². The van der Waals surface area contributed by atoms with E-state index < -0.39 is 0 Å². The summed E-state index contributed by atoms with van der Waals surface area (Å²) in [5.74, 6) is 4.89. The Hall–Kier alpha value is -0.560. The molecule has 0 heterocycles. The van der Waals surface area contributed by atoms with Crippen molar-refractivity contribution in [3.8, 4) is 0 Å². The lowest BCUT2D eigenvalue weighted by molar-refractivity contribution is -0.0428. The van der Waals surface area contributed by atoms with Crippen LogP contribution in [-0.4, -0.2) is 11.2 Å². The molecule has 0 aliphatic heterocycles. The van der Waals surface area contributed by atoms with Crippen molar-refractivity contribution < 1.29 is 5.11 Å². The quantitative estimate of drug-likeness (QED) is 0.423. The average molecular weight is 427 g/mol. The average Bonchev–Trinajstić information content (AvgIpc) is 3.11. The Morgan fingerprint density at radius 2 is 1.81 bits per heavy atom. The molecule has 1 nitrogen and oxygen atoms in total. The first-order valence-corrected chi connectivity index (χ1v) is 13.7. The van der Waals surface area contributed by atoms with Gasteiger partial charge in [-0.05, 0) is 131 Å². The molecule has 1 heteroatoms. The second kappa shape index (κ2) is 9.00. The van der Waals surface area contributed by atoms with E-state index in [1.807, 2.05) is 5.57 Å². The van der Waals surface area contributed by atoms with Gasteiger partial charge in [-0.15, -0.1) is 0 Å². The Morgan fingerprint density at radius 3 is 2.52 bits per heavy atom. The van der Waals surface area contributed by atoms with Crippen LogP contribution in [0.3, 0.4) is 0 Å². The van der Waals surface area contributed by atoms with Crippen LogP contribution in [-0.2, 0) is 0 Å². The van der Waals surface area contributed by atoms with E-state index in [-0.39, 0.29) is 6.10 Å². The molecule has 9 atom stereocenters. The van der Waals surface area contributed by atoms with Crippen molar-refractivity contribution in [1.82, 2.24) is 0 Å². The van der Waals surface area contributed by atoms with Gasteiger partial charge in [-0.1, -0.05) is 51.0 Å². The van der Waals surface area contributed by atoms with Crippen LogP contribution in [0.1, 0.15) is 112 Å². The number of hydrogen-bond acceptors (Lipinski definition) is 1. The van der Waals surface area contributed by atoms with Gasteiger partial charge in [0, 0.05) is 0 Å². The van der Waals surface area contributed by atoms with Crippen molar-refractivity contribution in [2.75, 3.05) is 0 Å². The smallest absolute Gasteiger partial charge is 0.0543 e. The Labute approximate surface area is 193 Å². The summed E-state index contributed by atoms with van der Waals surface area (Å²) in [4.78, 5) is 0. The van der Waals surface area contributed by atoms with E-state index in [2.05, 4.69) is 53.7 Å². The zero-order valence-electron chi connectivity index (χ0n) is 21.4. The first-order chi connectivity index (χ1) is 14.7. The summed E-state index contributed by atoms with van der Waals surface area (Å²) in [6.07, 6.45) is 19.3. The minimum absolute atomic E-state index is 0.0447. The fourth-order valence-corrected chi connectivity index (χ4v) is 9.12. The lowest BCUT2D eigenvalue weighted by atomic mass is 9.47. The van der Waals surface area contributed by atoms with Gasteiger partial charge in [0.05, 0.1) is 6.10 Å². The van der Waals surface area contributed by atoms with Crippen LogP contribution < -0.4 is 0 Å². The Bertz CT molecular complexity index is 703. The number of aliphatic hydroxyl groups is 1. The summed E-state index contributed by atoms with van der Waals surface area (Å²) in [6, 6.07) is 0. The minimum atomic E-state index is -0.0447. The molecule has 4 aliphatic rings. The molecule has 0 bridgehead atoms. The predicted molar refractivity (Wildman–Crippen MR) is 133 cm³/mol. The summed E-state index contributed by atoms with van der Waals surface area (Å²) in [6.45, 7) is 14.8. The molecule has 0 aromatic heterocycles. The Kier molecular flexibility index (Phi) is 6.85. The molecule has 0 radical (unpaired) electrons. The molecule has 4 unspecified atom stereocenters. The lowest BCUT2D eigenvalue weighted by Crippen LogP contribution is -2.49. The van der Waals surface area contributed by atoms with Crippen LogP contribution >= 0.6 is 0 Å². The lowest BCUT2D eigenvalue weighted by Gasteiger charge is -2.57. The molecular formula is C30H50O. The van der Waals surface area contributed by atoms with E-state index in [9.17, 15) is 5.11 Å². The molecule has 0 amide bonds. The maximum Gasteiger partial charge on any atom is 0.0543 e. The van der Waals surface area contributed by atoms with Gasteiger partial charge in [-0.3, -0.25) is 0 Å². The molecule has 4 rings (SSSR count). The monoisotopic (exact) mass is 426 g/mol. The first-order valence-electron chi connectivity index (χ1n) is 13.7. The van der Waals surface area contributed by atoms with Gasteiger partial charge in [0.25, 0.3) is 0 Å². The third-order valence-corrected chi connectivity index (χ3v) is 11.4. The van der Waals surface area contributed by atoms with Crippen LogP contribution in [0.4, 0.5) is 0 Å². The largest absolute Gasteiger partial charge is 0.393 e. The molecular weight excluding hydrogens is 376 g/mol. The van der Waals surface area contributed by atoms with E-state index in [1.54, 1.807) is 5.57 Å². The number of hydrogen-bond donors (Lipinski definition) is 1. The van der Waals surface area contributed by atoms with Crippen LogP contribution in [0, 0.1) is 46.3 Å². The molecule has 3 saturated carbocycles. The highest BCUT2D eigenvalue weighted by Crippen LogP contribution is 2.67. The summed E-state index contributed by atoms with van der Waals surface area (Å²) >= 11 is 0. The van der Waals surface area contributed by atoms with Gasteiger partial charge in [0.2, 0.25) is 0 Å².